The SMILES string of the molecule is COc1cc(N2CC(c3nccnc3N3CCC(C#N)CC3)C2)nc2ccc(Cl)cc12. The van der Waals surface area contributed by atoms with Crippen LogP contribution in [0.25, 0.3) is 10.9 Å². The molecule has 0 N–H and O–H groups in total. The van der Waals surface area contributed by atoms with E-state index < -0.39 is 0 Å². The van der Waals surface area contributed by atoms with E-state index in [2.05, 4.69) is 25.8 Å². The molecule has 4 heterocycles. The van der Waals surface area contributed by atoms with Crippen molar-refractivity contribution in [3.8, 4) is 11.8 Å². The Morgan fingerprint density at radius 2 is 1.87 bits per heavy atom. The maximum atomic E-state index is 9.17. The molecule has 31 heavy (non-hydrogen) atoms. The van der Waals surface area contributed by atoms with E-state index in [9.17, 15) is 0 Å². The van der Waals surface area contributed by atoms with Gasteiger partial charge in [0.25, 0.3) is 0 Å². The lowest BCUT2D eigenvalue weighted by Gasteiger charge is -2.41. The summed E-state index contributed by atoms with van der Waals surface area (Å²) in [4.78, 5) is 18.7. The van der Waals surface area contributed by atoms with E-state index >= 15 is 0 Å². The van der Waals surface area contributed by atoms with Crippen molar-refractivity contribution in [1.82, 2.24) is 15.0 Å². The number of nitriles is 1. The van der Waals surface area contributed by atoms with Gasteiger partial charge in [-0.25, -0.2) is 9.97 Å². The van der Waals surface area contributed by atoms with E-state index in [1.54, 1.807) is 19.5 Å². The van der Waals surface area contributed by atoms with Crippen LogP contribution in [0.4, 0.5) is 11.6 Å². The highest BCUT2D eigenvalue weighted by molar-refractivity contribution is 6.31. The molecule has 8 heteroatoms. The fourth-order valence-corrected chi connectivity index (χ4v) is 4.59. The van der Waals surface area contributed by atoms with E-state index in [-0.39, 0.29) is 5.92 Å². The fourth-order valence-electron chi connectivity index (χ4n) is 4.42. The molecule has 0 unspecified atom stereocenters. The van der Waals surface area contributed by atoms with Gasteiger partial charge < -0.3 is 14.5 Å². The van der Waals surface area contributed by atoms with E-state index in [0.29, 0.717) is 10.9 Å². The van der Waals surface area contributed by atoms with Gasteiger partial charge in [0.15, 0.2) is 5.82 Å². The zero-order chi connectivity index (χ0) is 21.4. The van der Waals surface area contributed by atoms with E-state index in [1.807, 2.05) is 24.3 Å². The molecule has 0 spiro atoms. The van der Waals surface area contributed by atoms with Crippen molar-refractivity contribution in [2.75, 3.05) is 43.1 Å². The number of methoxy groups -OCH3 is 1. The standard InChI is InChI=1S/C23H23ClN6O/c1-31-20-11-21(28-19-3-2-17(24)10-18(19)20)30-13-16(14-30)22-23(27-7-6-26-22)29-8-4-15(12-25)5-9-29/h2-3,6-7,10-11,15-16H,4-5,8-9,13-14H2,1H3. The average molecular weight is 435 g/mol. The summed E-state index contributed by atoms with van der Waals surface area (Å²) in [6, 6.07) is 10.0. The Kier molecular flexibility index (Phi) is 5.24. The van der Waals surface area contributed by atoms with Crippen LogP contribution in [-0.4, -0.2) is 48.2 Å². The molecule has 0 bridgehead atoms. The van der Waals surface area contributed by atoms with Crippen molar-refractivity contribution in [3.63, 3.8) is 0 Å². The van der Waals surface area contributed by atoms with Crippen molar-refractivity contribution in [2.45, 2.75) is 18.8 Å². The Hall–Kier alpha value is -3.11. The maximum absolute atomic E-state index is 9.17. The number of ether oxygens (including phenoxy) is 1. The molecule has 1 aromatic carbocycles. The summed E-state index contributed by atoms with van der Waals surface area (Å²) in [5.41, 5.74) is 1.90. The summed E-state index contributed by atoms with van der Waals surface area (Å²) >= 11 is 6.14. The van der Waals surface area contributed by atoms with Gasteiger partial charge in [-0.2, -0.15) is 5.26 Å². The zero-order valence-electron chi connectivity index (χ0n) is 17.3. The summed E-state index contributed by atoms with van der Waals surface area (Å²) in [5, 5.41) is 10.7. The van der Waals surface area contributed by atoms with E-state index in [0.717, 1.165) is 73.0 Å². The first kappa shape index (κ1) is 19.8. The molecule has 0 aliphatic carbocycles. The molecule has 2 saturated heterocycles. The van der Waals surface area contributed by atoms with Gasteiger partial charge in [0.2, 0.25) is 0 Å². The van der Waals surface area contributed by atoms with Crippen LogP contribution >= 0.6 is 11.6 Å². The molecule has 2 aliphatic rings. The van der Waals surface area contributed by atoms with Gasteiger partial charge in [0.05, 0.1) is 24.4 Å². The van der Waals surface area contributed by atoms with Crippen molar-refractivity contribution in [2.24, 2.45) is 5.92 Å². The number of rotatable bonds is 4. The normalized spacial score (nSPS) is 17.5. The number of benzene rings is 1. The molecule has 5 rings (SSSR count). The lowest BCUT2D eigenvalue weighted by Crippen LogP contribution is -2.47. The molecule has 158 valence electrons. The number of hydrogen-bond donors (Lipinski definition) is 0. The minimum absolute atomic E-state index is 0.152. The Morgan fingerprint density at radius 1 is 1.10 bits per heavy atom. The molecule has 2 fully saturated rings. The summed E-state index contributed by atoms with van der Waals surface area (Å²) in [6.45, 7) is 3.36. The number of halogens is 1. The van der Waals surface area contributed by atoms with Gasteiger partial charge in [-0.1, -0.05) is 11.6 Å². The number of pyridine rings is 1. The zero-order valence-corrected chi connectivity index (χ0v) is 18.1. The van der Waals surface area contributed by atoms with E-state index in [1.165, 1.54) is 0 Å². The molecule has 7 nitrogen and oxygen atoms in total. The monoisotopic (exact) mass is 434 g/mol. The molecule has 0 saturated carbocycles. The Balaban J connectivity index is 1.35. The molecule has 0 amide bonds. The van der Waals surface area contributed by atoms with Gasteiger partial charge in [0.1, 0.15) is 11.6 Å². The number of piperidine rings is 1. The molecule has 0 atom stereocenters. The van der Waals surface area contributed by atoms with Crippen LogP contribution in [0, 0.1) is 17.2 Å². The predicted molar refractivity (Wildman–Crippen MR) is 121 cm³/mol. The highest BCUT2D eigenvalue weighted by atomic mass is 35.5. The summed E-state index contributed by atoms with van der Waals surface area (Å²) in [5.74, 6) is 3.07. The quantitative estimate of drug-likeness (QED) is 0.613. The average Bonchev–Trinajstić information content (AvgIpc) is 2.78. The number of nitrogens with zero attached hydrogens (tertiary/aromatic N) is 6. The summed E-state index contributed by atoms with van der Waals surface area (Å²) < 4.78 is 5.59. The second-order valence-corrected chi connectivity index (χ2v) is 8.54. The Morgan fingerprint density at radius 3 is 2.61 bits per heavy atom. The second-order valence-electron chi connectivity index (χ2n) is 8.10. The first-order chi connectivity index (χ1) is 15.2. The lowest BCUT2D eigenvalue weighted by molar-refractivity contribution is 0.418. The number of hydrogen-bond acceptors (Lipinski definition) is 7. The topological polar surface area (TPSA) is 78.2 Å². The van der Waals surface area contributed by atoms with Gasteiger partial charge in [0, 0.05) is 66.9 Å². The third-order valence-corrected chi connectivity index (χ3v) is 6.45. The van der Waals surface area contributed by atoms with Crippen LogP contribution in [0.3, 0.4) is 0 Å². The molecular formula is C23H23ClN6O. The van der Waals surface area contributed by atoms with Crippen molar-refractivity contribution in [3.05, 3.63) is 47.4 Å². The minimum atomic E-state index is 0.152. The van der Waals surface area contributed by atoms with Crippen molar-refractivity contribution < 1.29 is 4.74 Å². The minimum Gasteiger partial charge on any atom is -0.496 e. The Labute approximate surface area is 186 Å². The highest BCUT2D eigenvalue weighted by Gasteiger charge is 2.34. The molecular weight excluding hydrogens is 412 g/mol. The first-order valence-corrected chi connectivity index (χ1v) is 10.9. The van der Waals surface area contributed by atoms with Crippen molar-refractivity contribution >= 4 is 34.1 Å². The van der Waals surface area contributed by atoms with Gasteiger partial charge in [-0.3, -0.25) is 4.98 Å². The van der Waals surface area contributed by atoms with Crippen LogP contribution in [-0.2, 0) is 0 Å². The fraction of sp³-hybridized carbons (Fsp3) is 0.391. The third-order valence-electron chi connectivity index (χ3n) is 6.21. The Bertz CT molecular complexity index is 1150. The first-order valence-electron chi connectivity index (χ1n) is 10.5. The van der Waals surface area contributed by atoms with Crippen LogP contribution in [0.1, 0.15) is 24.5 Å². The smallest absolute Gasteiger partial charge is 0.150 e. The number of anilines is 2. The number of fused-ring (bicyclic) bond motifs is 1. The predicted octanol–water partition coefficient (Wildman–Crippen LogP) is 4.03. The summed E-state index contributed by atoms with van der Waals surface area (Å²) in [6.07, 6.45) is 5.29. The second kappa shape index (κ2) is 8.20. The maximum Gasteiger partial charge on any atom is 0.150 e. The molecule has 0 radical (unpaired) electrons. The van der Waals surface area contributed by atoms with Gasteiger partial charge >= 0.3 is 0 Å². The van der Waals surface area contributed by atoms with Crippen LogP contribution < -0.4 is 14.5 Å². The van der Waals surface area contributed by atoms with E-state index in [4.69, 9.17) is 26.6 Å². The third kappa shape index (κ3) is 3.72. The van der Waals surface area contributed by atoms with Crippen LogP contribution in [0.2, 0.25) is 5.02 Å². The summed E-state index contributed by atoms with van der Waals surface area (Å²) in [7, 11) is 1.67. The molecule has 3 aromatic rings. The largest absolute Gasteiger partial charge is 0.496 e. The van der Waals surface area contributed by atoms with Crippen LogP contribution in [0.5, 0.6) is 5.75 Å². The lowest BCUT2D eigenvalue weighted by atomic mass is 9.94. The highest BCUT2D eigenvalue weighted by Crippen LogP contribution is 2.37. The van der Waals surface area contributed by atoms with Crippen LogP contribution in [0.15, 0.2) is 36.7 Å². The van der Waals surface area contributed by atoms with Gasteiger partial charge in [-0.05, 0) is 31.0 Å². The van der Waals surface area contributed by atoms with Gasteiger partial charge in [-0.15, -0.1) is 0 Å². The molecule has 2 aliphatic heterocycles. The number of aromatic nitrogens is 3. The molecule has 2 aromatic heterocycles. The van der Waals surface area contributed by atoms with Crippen molar-refractivity contribution in [1.29, 1.82) is 5.26 Å².